The van der Waals surface area contributed by atoms with Crippen LogP contribution in [0.1, 0.15) is 28.8 Å². The third-order valence-electron chi connectivity index (χ3n) is 3.15. The summed E-state index contributed by atoms with van der Waals surface area (Å²) in [5, 5.41) is 2.67. The predicted octanol–water partition coefficient (Wildman–Crippen LogP) is 3.25. The molecule has 1 N–H and O–H groups in total. The van der Waals surface area contributed by atoms with Crippen molar-refractivity contribution < 1.29 is 22.4 Å². The Labute approximate surface area is 118 Å². The lowest BCUT2D eigenvalue weighted by molar-refractivity contribution is -0.137. The van der Waals surface area contributed by atoms with Gasteiger partial charge in [-0.05, 0) is 31.0 Å². The van der Waals surface area contributed by atoms with Gasteiger partial charge in [-0.3, -0.25) is 4.79 Å². The van der Waals surface area contributed by atoms with Crippen molar-refractivity contribution in [3.8, 4) is 11.3 Å². The van der Waals surface area contributed by atoms with Crippen LogP contribution >= 0.6 is 0 Å². The molecule has 0 unspecified atom stereocenters. The van der Waals surface area contributed by atoms with Gasteiger partial charge in [0.15, 0.2) is 12.2 Å². The number of alkyl halides is 3. The number of rotatable bonds is 3. The van der Waals surface area contributed by atoms with Gasteiger partial charge in [-0.2, -0.15) is 13.2 Å². The highest BCUT2D eigenvalue weighted by molar-refractivity contribution is 5.96. The SMILES string of the molecule is O=C(NC1CC1)c1cc(-c2cnco2)cc(C(F)(F)F)c1. The summed E-state index contributed by atoms with van der Waals surface area (Å²) >= 11 is 0. The Kier molecular flexibility index (Phi) is 3.19. The highest BCUT2D eigenvalue weighted by Gasteiger charge is 2.33. The van der Waals surface area contributed by atoms with E-state index in [1.165, 1.54) is 12.3 Å². The summed E-state index contributed by atoms with van der Waals surface area (Å²) in [6.45, 7) is 0. The van der Waals surface area contributed by atoms with Crippen LogP contribution in [0.3, 0.4) is 0 Å². The average Bonchev–Trinajstić information content (AvgIpc) is 3.07. The smallest absolute Gasteiger partial charge is 0.416 e. The zero-order valence-corrected chi connectivity index (χ0v) is 10.8. The summed E-state index contributed by atoms with van der Waals surface area (Å²) in [6, 6.07) is 3.22. The van der Waals surface area contributed by atoms with Gasteiger partial charge in [-0.15, -0.1) is 0 Å². The van der Waals surface area contributed by atoms with Crippen molar-refractivity contribution in [1.29, 1.82) is 0 Å². The molecular formula is C14H11F3N2O2. The standard InChI is InChI=1S/C14H11F3N2O2/c15-14(16,17)10-4-8(12-6-18-7-21-12)3-9(5-10)13(20)19-11-1-2-11/h3-7,11H,1-2H2,(H,19,20). The van der Waals surface area contributed by atoms with Crippen molar-refractivity contribution in [3.63, 3.8) is 0 Å². The fourth-order valence-corrected chi connectivity index (χ4v) is 1.92. The first-order valence-electron chi connectivity index (χ1n) is 6.35. The van der Waals surface area contributed by atoms with Crippen molar-refractivity contribution in [2.45, 2.75) is 25.1 Å². The molecule has 4 nitrogen and oxygen atoms in total. The van der Waals surface area contributed by atoms with Gasteiger partial charge in [0, 0.05) is 17.2 Å². The second-order valence-corrected chi connectivity index (χ2v) is 4.91. The quantitative estimate of drug-likeness (QED) is 0.946. The number of halogens is 3. The summed E-state index contributed by atoms with van der Waals surface area (Å²) in [6.07, 6.45) is -0.387. The van der Waals surface area contributed by atoms with Crippen LogP contribution in [0.2, 0.25) is 0 Å². The molecule has 110 valence electrons. The molecule has 1 aliphatic rings. The number of hydrogen-bond acceptors (Lipinski definition) is 3. The van der Waals surface area contributed by atoms with E-state index < -0.39 is 17.6 Å². The van der Waals surface area contributed by atoms with Crippen LogP contribution in [-0.2, 0) is 6.18 Å². The lowest BCUT2D eigenvalue weighted by Gasteiger charge is -2.11. The molecule has 2 aromatic rings. The maximum atomic E-state index is 12.9. The van der Waals surface area contributed by atoms with Crippen LogP contribution in [0.15, 0.2) is 35.2 Å². The molecule has 3 rings (SSSR count). The largest absolute Gasteiger partial charge is 0.444 e. The zero-order valence-electron chi connectivity index (χ0n) is 10.8. The van der Waals surface area contributed by atoms with Crippen LogP contribution < -0.4 is 5.32 Å². The summed E-state index contributed by atoms with van der Waals surface area (Å²) in [5.41, 5.74) is -0.760. The molecule has 0 atom stereocenters. The number of hydrogen-bond donors (Lipinski definition) is 1. The molecule has 0 radical (unpaired) electrons. The molecule has 1 aromatic carbocycles. The molecule has 1 saturated carbocycles. The molecule has 0 saturated heterocycles. The van der Waals surface area contributed by atoms with Gasteiger partial charge in [0.1, 0.15) is 0 Å². The fraction of sp³-hybridized carbons (Fsp3) is 0.286. The van der Waals surface area contributed by atoms with E-state index in [1.807, 2.05) is 0 Å². The minimum Gasteiger partial charge on any atom is -0.444 e. The number of nitrogens with zero attached hydrogens (tertiary/aromatic N) is 1. The first-order valence-corrected chi connectivity index (χ1v) is 6.35. The Morgan fingerprint density at radius 3 is 2.62 bits per heavy atom. The lowest BCUT2D eigenvalue weighted by Crippen LogP contribution is -2.25. The third kappa shape index (κ3) is 3.07. The number of carbonyl (C=O) groups excluding carboxylic acids is 1. The van der Waals surface area contributed by atoms with E-state index in [1.54, 1.807) is 0 Å². The minimum atomic E-state index is -4.54. The molecule has 21 heavy (non-hydrogen) atoms. The summed E-state index contributed by atoms with van der Waals surface area (Å²) in [7, 11) is 0. The van der Waals surface area contributed by atoms with Gasteiger partial charge in [0.2, 0.25) is 0 Å². The summed E-state index contributed by atoms with van der Waals surface area (Å²) < 4.78 is 43.9. The fourth-order valence-electron chi connectivity index (χ4n) is 1.92. The molecule has 0 bridgehead atoms. The molecular weight excluding hydrogens is 285 g/mol. The number of amides is 1. The van der Waals surface area contributed by atoms with Crippen molar-refractivity contribution >= 4 is 5.91 Å². The van der Waals surface area contributed by atoms with Crippen molar-refractivity contribution in [2.75, 3.05) is 0 Å². The van der Waals surface area contributed by atoms with Gasteiger partial charge >= 0.3 is 6.18 Å². The van der Waals surface area contributed by atoms with E-state index in [2.05, 4.69) is 10.3 Å². The molecule has 0 aliphatic heterocycles. The monoisotopic (exact) mass is 296 g/mol. The summed E-state index contributed by atoms with van der Waals surface area (Å²) in [4.78, 5) is 15.6. The number of nitrogens with one attached hydrogen (secondary N) is 1. The maximum Gasteiger partial charge on any atom is 0.416 e. The predicted molar refractivity (Wildman–Crippen MR) is 67.4 cm³/mol. The third-order valence-corrected chi connectivity index (χ3v) is 3.15. The topological polar surface area (TPSA) is 55.1 Å². The molecule has 0 spiro atoms. The second-order valence-electron chi connectivity index (χ2n) is 4.91. The molecule has 1 aliphatic carbocycles. The van der Waals surface area contributed by atoms with Crippen LogP contribution in [0, 0.1) is 0 Å². The zero-order chi connectivity index (χ0) is 15.0. The van der Waals surface area contributed by atoms with Crippen LogP contribution in [0.25, 0.3) is 11.3 Å². The average molecular weight is 296 g/mol. The van der Waals surface area contributed by atoms with E-state index >= 15 is 0 Å². The highest BCUT2D eigenvalue weighted by atomic mass is 19.4. The number of oxazole rings is 1. The number of aromatic nitrogens is 1. The number of carbonyl (C=O) groups is 1. The second kappa shape index (κ2) is 4.91. The van der Waals surface area contributed by atoms with E-state index in [4.69, 9.17) is 4.42 Å². The van der Waals surface area contributed by atoms with Gasteiger partial charge in [0.25, 0.3) is 5.91 Å². The molecule has 7 heteroatoms. The van der Waals surface area contributed by atoms with Crippen molar-refractivity contribution in [1.82, 2.24) is 10.3 Å². The van der Waals surface area contributed by atoms with Crippen LogP contribution in [0.5, 0.6) is 0 Å². The maximum absolute atomic E-state index is 12.9. The van der Waals surface area contributed by atoms with E-state index in [0.717, 1.165) is 31.4 Å². The Bertz CT molecular complexity index is 661. The van der Waals surface area contributed by atoms with Gasteiger partial charge in [-0.1, -0.05) is 0 Å². The Balaban J connectivity index is 2.02. The minimum absolute atomic E-state index is 0.0388. The van der Waals surface area contributed by atoms with E-state index in [0.29, 0.717) is 0 Å². The van der Waals surface area contributed by atoms with Crippen LogP contribution in [0.4, 0.5) is 13.2 Å². The van der Waals surface area contributed by atoms with E-state index in [9.17, 15) is 18.0 Å². The molecule has 1 amide bonds. The van der Waals surface area contributed by atoms with Crippen molar-refractivity contribution in [3.05, 3.63) is 41.9 Å². The van der Waals surface area contributed by atoms with Gasteiger partial charge < -0.3 is 9.73 Å². The highest BCUT2D eigenvalue weighted by Crippen LogP contribution is 2.33. The van der Waals surface area contributed by atoms with Gasteiger partial charge in [0.05, 0.1) is 11.8 Å². The molecule has 1 fully saturated rings. The molecule has 1 heterocycles. The first-order chi connectivity index (χ1) is 9.93. The van der Waals surface area contributed by atoms with E-state index in [-0.39, 0.29) is 22.9 Å². The molecule has 1 aromatic heterocycles. The Morgan fingerprint density at radius 1 is 1.29 bits per heavy atom. The summed E-state index contributed by atoms with van der Waals surface area (Å²) in [5.74, 6) is -0.328. The van der Waals surface area contributed by atoms with Crippen LogP contribution in [-0.4, -0.2) is 16.9 Å². The lowest BCUT2D eigenvalue weighted by atomic mass is 10.0. The van der Waals surface area contributed by atoms with Crippen molar-refractivity contribution in [2.24, 2.45) is 0 Å². The number of benzene rings is 1. The Hall–Kier alpha value is -2.31. The van der Waals surface area contributed by atoms with Gasteiger partial charge in [-0.25, -0.2) is 4.98 Å². The Morgan fingerprint density at radius 2 is 2.05 bits per heavy atom. The first kappa shape index (κ1) is 13.7. The normalized spacial score (nSPS) is 15.0.